The Morgan fingerprint density at radius 1 is 0.767 bits per heavy atom. The van der Waals surface area contributed by atoms with E-state index in [0.29, 0.717) is 71.9 Å². The molecule has 6 amide bonds. The van der Waals surface area contributed by atoms with Gasteiger partial charge in [0.15, 0.2) is 10.8 Å². The van der Waals surface area contributed by atoms with Gasteiger partial charge in [-0.1, -0.05) is 77.9 Å². The molecular formula is C43H42N8O8S. The normalized spacial score (nSPS) is 16.9. The van der Waals surface area contributed by atoms with Crippen LogP contribution in [0.3, 0.4) is 0 Å². The van der Waals surface area contributed by atoms with E-state index in [0.717, 1.165) is 4.88 Å². The molecule has 16 nitrogen and oxygen atoms in total. The largest absolute Gasteiger partial charge is 0.453 e. The van der Waals surface area contributed by atoms with Gasteiger partial charge in [0.05, 0.1) is 18.2 Å². The Hall–Kier alpha value is -7.03. The summed E-state index contributed by atoms with van der Waals surface area (Å²) < 4.78 is 6.50. The van der Waals surface area contributed by atoms with Crippen LogP contribution in [0, 0.1) is 11.8 Å². The number of hydrogen-bond donors (Lipinski definition) is 5. The number of anilines is 2. The quantitative estimate of drug-likeness (QED) is 0.123. The molecule has 2 aliphatic heterocycles. The van der Waals surface area contributed by atoms with Crippen LogP contribution in [0.25, 0.3) is 4.96 Å². The summed E-state index contributed by atoms with van der Waals surface area (Å²) >= 11 is 1.33. The van der Waals surface area contributed by atoms with Crippen LogP contribution in [0.1, 0.15) is 59.3 Å². The number of alkyl carbamates (subject to hydrolysis) is 1. The molecule has 5 N–H and O–H groups in total. The van der Waals surface area contributed by atoms with Crippen molar-refractivity contribution in [2.75, 3.05) is 37.4 Å². The summed E-state index contributed by atoms with van der Waals surface area (Å²) in [5, 5.41) is 20.2. The van der Waals surface area contributed by atoms with Crippen LogP contribution in [0.15, 0.2) is 97.3 Å². The van der Waals surface area contributed by atoms with Crippen molar-refractivity contribution in [2.45, 2.75) is 49.9 Å². The van der Waals surface area contributed by atoms with Gasteiger partial charge in [-0.3, -0.25) is 28.4 Å². The van der Waals surface area contributed by atoms with Crippen molar-refractivity contribution in [2.24, 2.45) is 0 Å². The first-order valence-electron chi connectivity index (χ1n) is 19.3. The molecule has 17 heteroatoms. The van der Waals surface area contributed by atoms with E-state index in [1.54, 1.807) is 102 Å². The number of carbonyl (C=O) groups is 6. The number of aliphatic hydroxyl groups excluding tert-OH is 1. The number of ether oxygens (including phenoxy) is 1. The van der Waals surface area contributed by atoms with Crippen molar-refractivity contribution >= 4 is 63.4 Å². The zero-order chi connectivity index (χ0) is 42.2. The molecular weight excluding hydrogens is 789 g/mol. The monoisotopic (exact) mass is 830 g/mol. The second-order valence-corrected chi connectivity index (χ2v) is 15.2. The molecule has 0 unspecified atom stereocenters. The third-order valence-corrected chi connectivity index (χ3v) is 11.1. The lowest BCUT2D eigenvalue weighted by molar-refractivity contribution is -0.140. The molecule has 3 aromatic carbocycles. The highest BCUT2D eigenvalue weighted by atomic mass is 32.1. The molecule has 0 bridgehead atoms. The highest BCUT2D eigenvalue weighted by Gasteiger charge is 2.40. The minimum atomic E-state index is -1.04. The highest BCUT2D eigenvalue weighted by molar-refractivity contribution is 7.17. The van der Waals surface area contributed by atoms with Gasteiger partial charge in [0, 0.05) is 30.5 Å². The second-order valence-electron chi connectivity index (χ2n) is 14.1. The van der Waals surface area contributed by atoms with E-state index in [1.165, 1.54) is 28.2 Å². The maximum Gasteiger partial charge on any atom is 0.407 e. The van der Waals surface area contributed by atoms with Crippen molar-refractivity contribution < 1.29 is 38.6 Å². The fraction of sp³-hybridized carbons (Fsp3) is 0.279. The van der Waals surface area contributed by atoms with E-state index in [4.69, 9.17) is 4.74 Å². The molecule has 7 rings (SSSR count). The van der Waals surface area contributed by atoms with Crippen molar-refractivity contribution in [3.8, 4) is 11.8 Å². The number of rotatable bonds is 11. The van der Waals surface area contributed by atoms with E-state index in [9.17, 15) is 33.9 Å². The zero-order valence-corrected chi connectivity index (χ0v) is 33.3. The minimum absolute atomic E-state index is 0.324. The number of methoxy groups -OCH3 is 1. The summed E-state index contributed by atoms with van der Waals surface area (Å²) in [6.45, 7) is -0.0628. The summed E-state index contributed by atoms with van der Waals surface area (Å²) in [4.78, 5) is 87.2. The minimum Gasteiger partial charge on any atom is -0.453 e. The number of imidazole rings is 1. The number of likely N-dealkylation sites (tertiary alicyclic amines) is 2. The number of nitrogens with one attached hydrogen (secondary N) is 4. The number of fused-ring (bicyclic) bond motifs is 1. The molecule has 4 heterocycles. The van der Waals surface area contributed by atoms with Gasteiger partial charge < -0.3 is 40.9 Å². The molecule has 308 valence electrons. The van der Waals surface area contributed by atoms with Crippen molar-refractivity contribution in [3.05, 3.63) is 119 Å². The molecule has 2 saturated heterocycles. The predicted molar refractivity (Wildman–Crippen MR) is 221 cm³/mol. The molecule has 0 radical (unpaired) electrons. The number of aliphatic hydroxyl groups is 1. The number of aromatic nitrogens is 2. The SMILES string of the molecule is COC(=O)N[C@@H](C(=O)N1CCC[C@H]1C(=O)Nc1cn2cc(C#Cc3ccc(NC(=O)[C@@H]4CCCN4C(=O)[C@H](NC(=O)CO)c4ccccc4)cc3)sc2n1)c1ccccc1. The standard InChI is InChI=1S/C43H42N8O8S/c1-59-43(58)48-37(29-12-6-3-7-13-29)41(57)51-23-9-15-33(51)39(55)45-34-25-49-24-31(60-42(49)46-34)21-18-27-16-19-30(20-17-27)44-38(54)32-14-8-22-50(32)40(56)36(47-35(53)26-52)28-10-4-2-5-11-28/h2-7,10-13,16-17,19-20,24-25,32-33,36-37,52H,8-9,14-15,22-23,26H2,1H3,(H,44,54)(H,45,55)(H,47,53)(H,48,58)/t32-,33-,36+,37+/m0/s1. The van der Waals surface area contributed by atoms with Gasteiger partial charge in [-0.2, -0.15) is 0 Å². The first-order valence-corrected chi connectivity index (χ1v) is 20.1. The van der Waals surface area contributed by atoms with Crippen molar-refractivity contribution in [3.63, 3.8) is 0 Å². The third-order valence-electron chi connectivity index (χ3n) is 10.2. The van der Waals surface area contributed by atoms with Gasteiger partial charge in [-0.25, -0.2) is 9.78 Å². The van der Waals surface area contributed by atoms with Gasteiger partial charge in [0.25, 0.3) is 5.91 Å². The molecule has 0 spiro atoms. The molecule has 60 heavy (non-hydrogen) atoms. The van der Waals surface area contributed by atoms with E-state index in [1.807, 2.05) is 0 Å². The highest BCUT2D eigenvalue weighted by Crippen LogP contribution is 2.27. The average molecular weight is 831 g/mol. The van der Waals surface area contributed by atoms with Crippen LogP contribution in [0.5, 0.6) is 0 Å². The summed E-state index contributed by atoms with van der Waals surface area (Å²) in [6.07, 6.45) is 4.86. The van der Waals surface area contributed by atoms with Crippen LogP contribution < -0.4 is 21.3 Å². The van der Waals surface area contributed by atoms with Crippen LogP contribution in [-0.2, 0) is 28.7 Å². The Labute approximate surface area is 348 Å². The topological polar surface area (TPSA) is 204 Å². The third kappa shape index (κ3) is 9.46. The van der Waals surface area contributed by atoms with Crippen molar-refractivity contribution in [1.29, 1.82) is 0 Å². The Kier molecular flexibility index (Phi) is 12.8. The molecule has 0 aliphatic carbocycles. The number of nitrogens with zero attached hydrogens (tertiary/aromatic N) is 4. The van der Waals surface area contributed by atoms with Gasteiger partial charge in [-0.15, -0.1) is 0 Å². The number of hydrogen-bond acceptors (Lipinski definition) is 10. The van der Waals surface area contributed by atoms with Crippen LogP contribution >= 0.6 is 11.3 Å². The molecule has 5 aromatic rings. The van der Waals surface area contributed by atoms with Gasteiger partial charge >= 0.3 is 6.09 Å². The Bertz CT molecular complexity index is 2410. The number of thiazole rings is 1. The second kappa shape index (κ2) is 18.7. The molecule has 4 atom stereocenters. The van der Waals surface area contributed by atoms with Crippen LogP contribution in [0.2, 0.25) is 0 Å². The number of benzene rings is 3. The van der Waals surface area contributed by atoms with E-state index in [2.05, 4.69) is 38.1 Å². The van der Waals surface area contributed by atoms with E-state index >= 15 is 0 Å². The number of amides is 6. The van der Waals surface area contributed by atoms with Gasteiger partial charge in [0.1, 0.15) is 30.8 Å². The first kappa shape index (κ1) is 41.1. The Morgan fingerprint density at radius 3 is 1.88 bits per heavy atom. The lowest BCUT2D eigenvalue weighted by Gasteiger charge is -2.29. The van der Waals surface area contributed by atoms with Gasteiger partial charge in [-0.05, 0) is 67.0 Å². The first-order chi connectivity index (χ1) is 29.1. The molecule has 2 fully saturated rings. The molecule has 2 aliphatic rings. The van der Waals surface area contributed by atoms with E-state index in [-0.39, 0.29) is 11.8 Å². The lowest BCUT2D eigenvalue weighted by Crippen LogP contribution is -2.49. The van der Waals surface area contributed by atoms with Crippen LogP contribution in [0.4, 0.5) is 16.3 Å². The molecule has 0 saturated carbocycles. The Morgan fingerprint density at radius 2 is 1.33 bits per heavy atom. The zero-order valence-electron chi connectivity index (χ0n) is 32.5. The average Bonchev–Trinajstić information content (AvgIpc) is 4.10. The summed E-state index contributed by atoms with van der Waals surface area (Å²) in [5.41, 5.74) is 2.34. The number of carbonyl (C=O) groups excluding carboxylic acids is 6. The fourth-order valence-corrected chi connectivity index (χ4v) is 8.13. The Balaban J connectivity index is 0.949. The smallest absolute Gasteiger partial charge is 0.407 e. The predicted octanol–water partition coefficient (Wildman–Crippen LogP) is 3.60. The van der Waals surface area contributed by atoms with E-state index < -0.39 is 54.6 Å². The van der Waals surface area contributed by atoms with Crippen LogP contribution in [-0.4, -0.2) is 98.8 Å². The fourth-order valence-electron chi connectivity index (χ4n) is 7.31. The van der Waals surface area contributed by atoms with Gasteiger partial charge in [0.2, 0.25) is 23.6 Å². The summed E-state index contributed by atoms with van der Waals surface area (Å²) in [5.74, 6) is 4.29. The lowest BCUT2D eigenvalue weighted by atomic mass is 10.0. The maximum absolute atomic E-state index is 13.7. The summed E-state index contributed by atoms with van der Waals surface area (Å²) in [6, 6.07) is 20.9. The molecule has 2 aromatic heterocycles. The maximum atomic E-state index is 13.7. The summed E-state index contributed by atoms with van der Waals surface area (Å²) in [7, 11) is 1.22. The van der Waals surface area contributed by atoms with Crippen molar-refractivity contribution in [1.82, 2.24) is 29.8 Å².